The first-order chi connectivity index (χ1) is 12.1. The first-order valence-electron chi connectivity index (χ1n) is 7.55. The molecule has 0 bridgehead atoms. The van der Waals surface area contributed by atoms with Gasteiger partial charge in [-0.25, -0.2) is 0 Å². The number of carbonyl (C=O) groups is 1. The minimum absolute atomic E-state index is 0.0176. The van der Waals surface area contributed by atoms with Crippen molar-refractivity contribution in [3.63, 3.8) is 0 Å². The topological polar surface area (TPSA) is 86.5 Å². The van der Waals surface area contributed by atoms with Crippen LogP contribution in [0.4, 0.5) is 11.7 Å². The van der Waals surface area contributed by atoms with Crippen molar-refractivity contribution in [3.05, 3.63) is 48.0 Å². The molecular formula is C18H17N3O4. The zero-order valence-corrected chi connectivity index (χ0v) is 14.1. The van der Waals surface area contributed by atoms with Gasteiger partial charge in [0.25, 0.3) is 0 Å². The maximum atomic E-state index is 11.5. The van der Waals surface area contributed by atoms with Gasteiger partial charge in [0.15, 0.2) is 5.78 Å². The number of Topliss-reactive ketones (excluding diaryl/α,β-unsaturated/α-hetero) is 1. The molecule has 3 aromatic rings. The van der Waals surface area contributed by atoms with Crippen LogP contribution in [0.15, 0.2) is 47.0 Å². The molecule has 0 amide bonds. The van der Waals surface area contributed by atoms with E-state index in [2.05, 4.69) is 15.5 Å². The van der Waals surface area contributed by atoms with Gasteiger partial charge in [-0.05, 0) is 37.3 Å². The number of nitrogens with one attached hydrogen (secondary N) is 1. The molecule has 128 valence electrons. The van der Waals surface area contributed by atoms with Crippen molar-refractivity contribution >= 4 is 17.5 Å². The summed E-state index contributed by atoms with van der Waals surface area (Å²) in [5.41, 5.74) is 1.93. The molecule has 0 aliphatic carbocycles. The molecule has 1 N–H and O–H groups in total. The maximum Gasteiger partial charge on any atom is 0.326 e. The number of hydrogen-bond acceptors (Lipinski definition) is 7. The van der Waals surface area contributed by atoms with Gasteiger partial charge >= 0.3 is 6.01 Å². The highest BCUT2D eigenvalue weighted by molar-refractivity contribution is 5.95. The molecule has 0 aliphatic rings. The highest BCUT2D eigenvalue weighted by Gasteiger charge is 2.15. The van der Waals surface area contributed by atoms with E-state index >= 15 is 0 Å². The molecule has 7 nitrogen and oxygen atoms in total. The second-order valence-corrected chi connectivity index (χ2v) is 5.25. The van der Waals surface area contributed by atoms with Gasteiger partial charge in [0.05, 0.1) is 19.8 Å². The van der Waals surface area contributed by atoms with Crippen LogP contribution in [0.3, 0.4) is 0 Å². The van der Waals surface area contributed by atoms with Crippen LogP contribution in [0.5, 0.6) is 11.5 Å². The van der Waals surface area contributed by atoms with Crippen molar-refractivity contribution in [1.29, 1.82) is 0 Å². The zero-order chi connectivity index (χ0) is 17.8. The van der Waals surface area contributed by atoms with Crippen molar-refractivity contribution in [3.8, 4) is 22.9 Å². The lowest BCUT2D eigenvalue weighted by molar-refractivity contribution is 0.101. The van der Waals surface area contributed by atoms with Crippen LogP contribution >= 0.6 is 0 Å². The fourth-order valence-corrected chi connectivity index (χ4v) is 2.31. The Morgan fingerprint density at radius 3 is 2.68 bits per heavy atom. The minimum Gasteiger partial charge on any atom is -0.497 e. The number of methoxy groups -OCH3 is 2. The second-order valence-electron chi connectivity index (χ2n) is 5.25. The molecule has 1 heterocycles. The second kappa shape index (κ2) is 7.04. The molecule has 1 aromatic heterocycles. The van der Waals surface area contributed by atoms with E-state index in [-0.39, 0.29) is 11.8 Å². The minimum atomic E-state index is -0.0176. The Bertz CT molecular complexity index is 905. The Labute approximate surface area is 144 Å². The van der Waals surface area contributed by atoms with E-state index in [9.17, 15) is 4.79 Å². The Balaban J connectivity index is 1.88. The Morgan fingerprint density at radius 1 is 1.12 bits per heavy atom. The van der Waals surface area contributed by atoms with Gasteiger partial charge in [-0.3, -0.25) is 4.79 Å². The summed E-state index contributed by atoms with van der Waals surface area (Å²) in [6, 6.07) is 12.6. The number of anilines is 2. The summed E-state index contributed by atoms with van der Waals surface area (Å²) < 4.78 is 15.8. The Kier molecular flexibility index (Phi) is 4.65. The highest BCUT2D eigenvalue weighted by Crippen LogP contribution is 2.32. The summed E-state index contributed by atoms with van der Waals surface area (Å²) in [4.78, 5) is 15.8. The van der Waals surface area contributed by atoms with Crippen LogP contribution in [-0.2, 0) is 0 Å². The first-order valence-corrected chi connectivity index (χ1v) is 7.55. The van der Waals surface area contributed by atoms with Crippen LogP contribution in [0.1, 0.15) is 17.3 Å². The summed E-state index contributed by atoms with van der Waals surface area (Å²) in [6.07, 6.45) is 0. The van der Waals surface area contributed by atoms with E-state index < -0.39 is 0 Å². The fourth-order valence-electron chi connectivity index (χ4n) is 2.31. The van der Waals surface area contributed by atoms with Gasteiger partial charge in [-0.2, -0.15) is 4.98 Å². The molecule has 0 atom stereocenters. The monoisotopic (exact) mass is 339 g/mol. The number of ketones is 1. The average molecular weight is 339 g/mol. The molecule has 0 spiro atoms. The number of carbonyl (C=O) groups excluding carboxylic acids is 1. The molecule has 0 aliphatic heterocycles. The largest absolute Gasteiger partial charge is 0.497 e. The summed E-state index contributed by atoms with van der Waals surface area (Å²) >= 11 is 0. The summed E-state index contributed by atoms with van der Waals surface area (Å²) in [6.45, 7) is 1.51. The van der Waals surface area contributed by atoms with E-state index in [1.54, 1.807) is 50.6 Å². The van der Waals surface area contributed by atoms with Crippen LogP contribution in [0, 0.1) is 0 Å². The van der Waals surface area contributed by atoms with E-state index in [0.29, 0.717) is 34.1 Å². The number of hydrogen-bond donors (Lipinski definition) is 1. The molecule has 0 fully saturated rings. The van der Waals surface area contributed by atoms with Crippen LogP contribution < -0.4 is 14.8 Å². The van der Waals surface area contributed by atoms with Crippen LogP contribution in [0.25, 0.3) is 11.4 Å². The third kappa shape index (κ3) is 3.60. The number of benzene rings is 2. The van der Waals surface area contributed by atoms with Gasteiger partial charge in [-0.15, -0.1) is 0 Å². The molecule has 2 aromatic carbocycles. The SMILES string of the molecule is COc1ccc(OC)c(-c2noc(Nc3cccc(C(C)=O)c3)n2)c1. The van der Waals surface area contributed by atoms with Gasteiger partial charge in [-0.1, -0.05) is 17.3 Å². The van der Waals surface area contributed by atoms with E-state index in [4.69, 9.17) is 14.0 Å². The number of aromatic nitrogens is 2. The lowest BCUT2D eigenvalue weighted by Gasteiger charge is -2.07. The smallest absolute Gasteiger partial charge is 0.326 e. The zero-order valence-electron chi connectivity index (χ0n) is 14.1. The van der Waals surface area contributed by atoms with Crippen LogP contribution in [-0.4, -0.2) is 30.1 Å². The molecule has 25 heavy (non-hydrogen) atoms. The van der Waals surface area contributed by atoms with Crippen molar-refractivity contribution in [2.24, 2.45) is 0 Å². The molecular weight excluding hydrogens is 322 g/mol. The third-order valence-electron chi connectivity index (χ3n) is 3.59. The molecule has 0 radical (unpaired) electrons. The van der Waals surface area contributed by atoms with Crippen LogP contribution in [0.2, 0.25) is 0 Å². The summed E-state index contributed by atoms with van der Waals surface area (Å²) in [7, 11) is 3.15. The summed E-state index contributed by atoms with van der Waals surface area (Å²) in [5.74, 6) is 1.60. The predicted molar refractivity (Wildman–Crippen MR) is 92.6 cm³/mol. The molecule has 0 unspecified atom stereocenters. The Hall–Kier alpha value is -3.35. The van der Waals surface area contributed by atoms with E-state index in [1.165, 1.54) is 6.92 Å². The van der Waals surface area contributed by atoms with Gasteiger partial charge < -0.3 is 19.3 Å². The Morgan fingerprint density at radius 2 is 1.96 bits per heavy atom. The fraction of sp³-hybridized carbons (Fsp3) is 0.167. The molecule has 0 saturated heterocycles. The number of rotatable bonds is 6. The lowest BCUT2D eigenvalue weighted by atomic mass is 10.1. The van der Waals surface area contributed by atoms with Crippen molar-refractivity contribution < 1.29 is 18.8 Å². The molecule has 3 rings (SSSR count). The lowest BCUT2D eigenvalue weighted by Crippen LogP contribution is -1.95. The van der Waals surface area contributed by atoms with Gasteiger partial charge in [0.2, 0.25) is 5.82 Å². The summed E-state index contributed by atoms with van der Waals surface area (Å²) in [5, 5.41) is 6.96. The van der Waals surface area contributed by atoms with Gasteiger partial charge in [0.1, 0.15) is 11.5 Å². The third-order valence-corrected chi connectivity index (χ3v) is 3.59. The average Bonchev–Trinajstić information content (AvgIpc) is 3.09. The maximum absolute atomic E-state index is 11.5. The quantitative estimate of drug-likeness (QED) is 0.685. The first kappa shape index (κ1) is 16.5. The number of ether oxygens (including phenoxy) is 2. The van der Waals surface area contributed by atoms with E-state index in [0.717, 1.165) is 0 Å². The molecule has 0 saturated carbocycles. The van der Waals surface area contributed by atoms with Crippen molar-refractivity contribution in [1.82, 2.24) is 10.1 Å². The normalized spacial score (nSPS) is 10.4. The van der Waals surface area contributed by atoms with Gasteiger partial charge in [0, 0.05) is 11.3 Å². The van der Waals surface area contributed by atoms with Crippen molar-refractivity contribution in [2.75, 3.05) is 19.5 Å². The van der Waals surface area contributed by atoms with Crippen molar-refractivity contribution in [2.45, 2.75) is 6.92 Å². The highest BCUT2D eigenvalue weighted by atomic mass is 16.5. The predicted octanol–water partition coefficient (Wildman–Crippen LogP) is 3.70. The standard InChI is InChI=1S/C18H17N3O4/c1-11(22)12-5-4-6-13(9-12)19-18-20-17(21-25-18)15-10-14(23-2)7-8-16(15)24-3/h4-10H,1-3H3,(H,19,20,21). The van der Waals surface area contributed by atoms with E-state index in [1.807, 2.05) is 6.07 Å². The number of nitrogens with zero attached hydrogens (tertiary/aromatic N) is 2. The molecule has 7 heteroatoms.